The van der Waals surface area contributed by atoms with Crippen LogP contribution in [0.3, 0.4) is 0 Å². The van der Waals surface area contributed by atoms with Gasteiger partial charge in [0.25, 0.3) is 5.91 Å². The van der Waals surface area contributed by atoms with E-state index in [0.717, 1.165) is 4.70 Å². The summed E-state index contributed by atoms with van der Waals surface area (Å²) in [5, 5.41) is 10.3. The lowest BCUT2D eigenvalue weighted by Crippen LogP contribution is -2.40. The Kier molecular flexibility index (Phi) is 4.03. The van der Waals surface area contributed by atoms with E-state index in [9.17, 15) is 14.7 Å². The zero-order chi connectivity index (χ0) is 15.9. The van der Waals surface area contributed by atoms with Gasteiger partial charge in [0.1, 0.15) is 6.04 Å². The lowest BCUT2D eigenvalue weighted by molar-refractivity contribution is -0.145. The van der Waals surface area contributed by atoms with Gasteiger partial charge in [-0.3, -0.25) is 9.78 Å². The maximum absolute atomic E-state index is 12.7. The lowest BCUT2D eigenvalue weighted by atomic mass is 10.2. The molecule has 3 heterocycles. The number of ether oxygens (including phenoxy) is 1. The van der Waals surface area contributed by atoms with Gasteiger partial charge in [0.15, 0.2) is 0 Å². The van der Waals surface area contributed by atoms with Gasteiger partial charge in [-0.05, 0) is 12.1 Å². The van der Waals surface area contributed by atoms with Gasteiger partial charge in [0.05, 0.1) is 33.3 Å². The number of methoxy groups -OCH3 is 1. The molecular weight excluding hydrogens is 328 g/mol. The molecule has 116 valence electrons. The topological polar surface area (TPSA) is 79.7 Å². The Balaban J connectivity index is 1.94. The molecule has 6 nitrogen and oxygen atoms in total. The van der Waals surface area contributed by atoms with E-state index in [0.29, 0.717) is 15.4 Å². The van der Waals surface area contributed by atoms with E-state index in [2.05, 4.69) is 4.98 Å². The molecule has 1 amide bonds. The van der Waals surface area contributed by atoms with Gasteiger partial charge < -0.3 is 14.7 Å². The molecule has 1 aliphatic rings. The van der Waals surface area contributed by atoms with E-state index in [1.54, 1.807) is 18.3 Å². The number of carbonyl (C=O) groups is 2. The Hall–Kier alpha value is -1.70. The van der Waals surface area contributed by atoms with Crippen molar-refractivity contribution >= 4 is 45.0 Å². The first-order chi connectivity index (χ1) is 10.5. The van der Waals surface area contributed by atoms with Crippen molar-refractivity contribution in [1.29, 1.82) is 0 Å². The van der Waals surface area contributed by atoms with Gasteiger partial charge in [0, 0.05) is 19.2 Å². The average Bonchev–Trinajstić information content (AvgIpc) is 3.10. The number of hydrogen-bond donors (Lipinski definition) is 1. The number of hydrogen-bond acceptors (Lipinski definition) is 6. The SMILES string of the molecule is COC(=O)[C@@H]1C[C@@H](O)CN1C(=O)c1cc2nccc(Cl)c2s1. The van der Waals surface area contributed by atoms with Crippen LogP contribution in [0.15, 0.2) is 18.3 Å². The van der Waals surface area contributed by atoms with Gasteiger partial charge in [-0.1, -0.05) is 11.6 Å². The van der Waals surface area contributed by atoms with Crippen LogP contribution in [-0.4, -0.2) is 52.7 Å². The molecule has 0 aromatic carbocycles. The number of aliphatic hydroxyl groups excluding tert-OH is 1. The third-order valence-electron chi connectivity index (χ3n) is 3.59. The number of aliphatic hydroxyl groups is 1. The number of amides is 1. The molecule has 0 radical (unpaired) electrons. The predicted molar refractivity (Wildman–Crippen MR) is 82.1 cm³/mol. The Bertz CT molecular complexity index is 748. The number of halogens is 1. The third-order valence-corrected chi connectivity index (χ3v) is 5.16. The number of pyridine rings is 1. The number of esters is 1. The van der Waals surface area contributed by atoms with Crippen molar-refractivity contribution in [3.63, 3.8) is 0 Å². The molecule has 0 spiro atoms. The van der Waals surface area contributed by atoms with Gasteiger partial charge in [-0.15, -0.1) is 11.3 Å². The maximum atomic E-state index is 12.7. The monoisotopic (exact) mass is 340 g/mol. The van der Waals surface area contributed by atoms with Crippen molar-refractivity contribution in [2.24, 2.45) is 0 Å². The van der Waals surface area contributed by atoms with Gasteiger partial charge in [0.2, 0.25) is 0 Å². The molecular formula is C14H13ClN2O4S. The second kappa shape index (κ2) is 5.83. The van der Waals surface area contributed by atoms with Crippen molar-refractivity contribution in [2.45, 2.75) is 18.6 Å². The minimum Gasteiger partial charge on any atom is -0.467 e. The quantitative estimate of drug-likeness (QED) is 0.842. The molecule has 0 bridgehead atoms. The second-order valence-corrected chi connectivity index (χ2v) is 6.46. The summed E-state index contributed by atoms with van der Waals surface area (Å²) >= 11 is 7.31. The van der Waals surface area contributed by atoms with Crippen LogP contribution in [0, 0.1) is 0 Å². The molecule has 8 heteroatoms. The summed E-state index contributed by atoms with van der Waals surface area (Å²) in [4.78, 5) is 30.4. The van der Waals surface area contributed by atoms with Crippen molar-refractivity contribution < 1.29 is 19.4 Å². The predicted octanol–water partition coefficient (Wildman–Crippen LogP) is 1.70. The summed E-state index contributed by atoms with van der Waals surface area (Å²) in [7, 11) is 1.26. The molecule has 2 atom stereocenters. The van der Waals surface area contributed by atoms with Crippen molar-refractivity contribution in [3.05, 3.63) is 28.2 Å². The van der Waals surface area contributed by atoms with E-state index in [-0.39, 0.29) is 18.9 Å². The van der Waals surface area contributed by atoms with Crippen LogP contribution in [0.2, 0.25) is 5.02 Å². The van der Waals surface area contributed by atoms with Crippen molar-refractivity contribution in [3.8, 4) is 0 Å². The number of aromatic nitrogens is 1. The highest BCUT2D eigenvalue weighted by molar-refractivity contribution is 7.21. The largest absolute Gasteiger partial charge is 0.467 e. The first-order valence-electron chi connectivity index (χ1n) is 6.62. The number of thiophene rings is 1. The first-order valence-corrected chi connectivity index (χ1v) is 7.81. The summed E-state index contributed by atoms with van der Waals surface area (Å²) in [5.74, 6) is -0.854. The number of carbonyl (C=O) groups excluding carboxylic acids is 2. The molecule has 1 N–H and O–H groups in total. The highest BCUT2D eigenvalue weighted by Crippen LogP contribution is 2.32. The van der Waals surface area contributed by atoms with Crippen LogP contribution in [0.4, 0.5) is 0 Å². The summed E-state index contributed by atoms with van der Waals surface area (Å²) in [6.07, 6.45) is 1.02. The van der Waals surface area contributed by atoms with Gasteiger partial charge in [-0.25, -0.2) is 4.79 Å². The Labute approximate surface area is 135 Å². The van der Waals surface area contributed by atoms with Crippen molar-refractivity contribution in [2.75, 3.05) is 13.7 Å². The number of nitrogens with zero attached hydrogens (tertiary/aromatic N) is 2. The molecule has 0 saturated carbocycles. The van der Waals surface area contributed by atoms with Gasteiger partial charge in [-0.2, -0.15) is 0 Å². The van der Waals surface area contributed by atoms with Crippen LogP contribution < -0.4 is 0 Å². The number of β-amino-alcohol motifs (C(OH)–C–C–N with tert-alkyl or cyclic N) is 1. The molecule has 2 aromatic heterocycles. The number of likely N-dealkylation sites (tertiary alicyclic amines) is 1. The zero-order valence-corrected chi connectivity index (χ0v) is 13.2. The Morgan fingerprint density at radius 1 is 1.55 bits per heavy atom. The fourth-order valence-electron chi connectivity index (χ4n) is 2.55. The highest BCUT2D eigenvalue weighted by Gasteiger charge is 2.40. The van der Waals surface area contributed by atoms with Crippen LogP contribution in [0.1, 0.15) is 16.1 Å². The zero-order valence-electron chi connectivity index (χ0n) is 11.7. The minimum atomic E-state index is -0.763. The second-order valence-electron chi connectivity index (χ2n) is 5.00. The van der Waals surface area contributed by atoms with Crippen LogP contribution in [0.5, 0.6) is 0 Å². The molecule has 3 rings (SSSR count). The number of fused-ring (bicyclic) bond motifs is 1. The Morgan fingerprint density at radius 2 is 2.32 bits per heavy atom. The first kappa shape index (κ1) is 15.2. The van der Waals surface area contributed by atoms with Crippen LogP contribution >= 0.6 is 22.9 Å². The molecule has 0 unspecified atom stereocenters. The van der Waals surface area contributed by atoms with Crippen LogP contribution in [0.25, 0.3) is 10.2 Å². The van der Waals surface area contributed by atoms with Crippen molar-refractivity contribution in [1.82, 2.24) is 9.88 Å². The maximum Gasteiger partial charge on any atom is 0.328 e. The fraction of sp³-hybridized carbons (Fsp3) is 0.357. The van der Waals surface area contributed by atoms with Gasteiger partial charge >= 0.3 is 5.97 Å². The molecule has 2 aromatic rings. The summed E-state index contributed by atoms with van der Waals surface area (Å²) in [5.41, 5.74) is 0.634. The summed E-state index contributed by atoms with van der Waals surface area (Å²) in [6.45, 7) is 0.105. The smallest absolute Gasteiger partial charge is 0.328 e. The molecule has 1 saturated heterocycles. The average molecular weight is 341 g/mol. The standard InChI is InChI=1S/C14H13ClN2O4S/c1-21-14(20)10-4-7(18)6-17(10)13(19)11-5-9-12(22-11)8(15)2-3-16-9/h2-3,5,7,10,18H,4,6H2,1H3/t7-,10+/m1/s1. The minimum absolute atomic E-state index is 0.105. The number of rotatable bonds is 2. The van der Waals surface area contributed by atoms with E-state index in [1.165, 1.54) is 23.3 Å². The highest BCUT2D eigenvalue weighted by atomic mass is 35.5. The van der Waals surface area contributed by atoms with E-state index >= 15 is 0 Å². The molecule has 1 aliphatic heterocycles. The van der Waals surface area contributed by atoms with Crippen LogP contribution in [-0.2, 0) is 9.53 Å². The summed E-state index contributed by atoms with van der Waals surface area (Å²) in [6, 6.07) is 2.54. The Morgan fingerprint density at radius 3 is 3.00 bits per heavy atom. The molecule has 22 heavy (non-hydrogen) atoms. The van der Waals surface area contributed by atoms with E-state index < -0.39 is 18.1 Å². The fourth-order valence-corrected chi connectivity index (χ4v) is 3.80. The normalized spacial score (nSPS) is 21.3. The van der Waals surface area contributed by atoms with E-state index in [4.69, 9.17) is 16.3 Å². The third kappa shape index (κ3) is 2.55. The molecule has 1 fully saturated rings. The molecule has 0 aliphatic carbocycles. The van der Waals surface area contributed by atoms with E-state index in [1.807, 2.05) is 0 Å². The lowest BCUT2D eigenvalue weighted by Gasteiger charge is -2.21. The summed E-state index contributed by atoms with van der Waals surface area (Å²) < 4.78 is 5.43.